The molecule has 0 atom stereocenters. The number of hydrogen-bond acceptors (Lipinski definition) is 3. The molecule has 0 radical (unpaired) electrons. The molecule has 5 heteroatoms. The topological polar surface area (TPSA) is 53.4 Å². The second kappa shape index (κ2) is 4.81. The van der Waals surface area contributed by atoms with E-state index in [9.17, 15) is 4.79 Å². The molecule has 0 amide bonds. The lowest BCUT2D eigenvalue weighted by atomic mass is 10.3. The first kappa shape index (κ1) is 10.8. The molecule has 4 nitrogen and oxygen atoms in total. The Morgan fingerprint density at radius 2 is 2.50 bits per heavy atom. The molecule has 0 aromatic rings. The van der Waals surface area contributed by atoms with Gasteiger partial charge in [0.05, 0.1) is 11.6 Å². The molecule has 1 N–H and O–H groups in total. The number of halogens is 1. The van der Waals surface area contributed by atoms with Crippen molar-refractivity contribution in [3.8, 4) is 0 Å². The van der Waals surface area contributed by atoms with E-state index < -0.39 is 5.97 Å². The lowest BCUT2D eigenvalue weighted by Crippen LogP contribution is -2.34. The van der Waals surface area contributed by atoms with Gasteiger partial charge in [0.25, 0.3) is 0 Å². The average molecular weight is 215 g/mol. The van der Waals surface area contributed by atoms with E-state index in [0.717, 1.165) is 0 Å². The molecule has 0 spiro atoms. The molecule has 0 saturated carbocycles. The number of carbonyl (C=O) groups is 1. The third-order valence-corrected chi connectivity index (χ3v) is 1.84. The summed E-state index contributed by atoms with van der Waals surface area (Å²) in [5.41, 5.74) is 0. The van der Waals surface area contributed by atoms with Crippen LogP contribution in [0.3, 0.4) is 0 Å². The Hall–Kier alpha value is -1.29. The average Bonchev–Trinajstić information content (AvgIpc) is 2.17. The van der Waals surface area contributed by atoms with Crippen molar-refractivity contribution in [3.63, 3.8) is 0 Å². The number of ether oxygens (including phenoxy) is 1. The van der Waals surface area contributed by atoms with Crippen LogP contribution in [-0.4, -0.2) is 29.9 Å². The van der Waals surface area contributed by atoms with E-state index in [1.165, 1.54) is 11.1 Å². The first-order valence-electron chi connectivity index (χ1n) is 4.21. The van der Waals surface area contributed by atoms with Crippen LogP contribution >= 0.6 is 11.6 Å². The Labute approximate surface area is 87.3 Å². The van der Waals surface area contributed by atoms with Crippen molar-refractivity contribution in [2.24, 2.45) is 0 Å². The molecule has 0 bridgehead atoms. The highest BCUT2D eigenvalue weighted by atomic mass is 35.5. The highest BCUT2D eigenvalue weighted by molar-refractivity contribution is 6.35. The molecule has 1 aliphatic rings. The van der Waals surface area contributed by atoms with Gasteiger partial charge in [-0.2, -0.15) is 0 Å². The lowest BCUT2D eigenvalue weighted by molar-refractivity contribution is -0.135. The minimum Gasteiger partial charge on any atom is -0.460 e. The molecule has 14 heavy (non-hydrogen) atoms. The van der Waals surface area contributed by atoms with Gasteiger partial charge in [-0.15, -0.1) is 0 Å². The summed E-state index contributed by atoms with van der Waals surface area (Å²) in [6.07, 6.45) is 5.02. The summed E-state index contributed by atoms with van der Waals surface area (Å²) >= 11 is 5.72. The highest BCUT2D eigenvalue weighted by Gasteiger charge is 2.17. The Morgan fingerprint density at radius 1 is 1.79 bits per heavy atom. The van der Waals surface area contributed by atoms with Crippen molar-refractivity contribution < 1.29 is 9.53 Å². The fourth-order valence-corrected chi connectivity index (χ4v) is 1.20. The maximum Gasteiger partial charge on any atom is 0.373 e. The molecular formula is C9H11ClN2O2. The smallest absolute Gasteiger partial charge is 0.373 e. The van der Waals surface area contributed by atoms with Crippen molar-refractivity contribution in [2.75, 3.05) is 13.2 Å². The van der Waals surface area contributed by atoms with Gasteiger partial charge in [-0.05, 0) is 13.0 Å². The molecule has 0 unspecified atom stereocenters. The van der Waals surface area contributed by atoms with Gasteiger partial charge in [-0.1, -0.05) is 17.7 Å². The molecule has 0 aromatic heterocycles. The molecule has 0 fully saturated rings. The number of carbonyl (C=O) groups excluding carboxylic acids is 1. The summed E-state index contributed by atoms with van der Waals surface area (Å²) in [5, 5.41) is 7.99. The predicted molar refractivity (Wildman–Crippen MR) is 54.1 cm³/mol. The van der Waals surface area contributed by atoms with Gasteiger partial charge < -0.3 is 9.64 Å². The molecule has 76 valence electrons. The minimum atomic E-state index is -0.636. The molecule has 1 aliphatic heterocycles. The first-order valence-corrected chi connectivity index (χ1v) is 4.59. The fraction of sp³-hybridized carbons (Fsp3) is 0.333. The minimum absolute atomic E-state index is 0.200. The van der Waals surface area contributed by atoms with E-state index in [-0.39, 0.29) is 12.4 Å². The van der Waals surface area contributed by atoms with Gasteiger partial charge in [0.2, 0.25) is 5.84 Å². The van der Waals surface area contributed by atoms with E-state index in [1.54, 1.807) is 19.1 Å². The van der Waals surface area contributed by atoms with E-state index in [2.05, 4.69) is 0 Å². The van der Waals surface area contributed by atoms with Gasteiger partial charge in [0, 0.05) is 12.7 Å². The van der Waals surface area contributed by atoms with Crippen molar-refractivity contribution in [2.45, 2.75) is 6.92 Å². The number of hydrogen-bond donors (Lipinski definition) is 1. The Morgan fingerprint density at radius 3 is 3.07 bits per heavy atom. The summed E-state index contributed by atoms with van der Waals surface area (Å²) in [5.74, 6) is -0.835. The summed E-state index contributed by atoms with van der Waals surface area (Å²) < 4.78 is 4.69. The van der Waals surface area contributed by atoms with Gasteiger partial charge in [0.15, 0.2) is 0 Å². The zero-order valence-electron chi connectivity index (χ0n) is 7.79. The molecule has 1 heterocycles. The van der Waals surface area contributed by atoms with E-state index >= 15 is 0 Å². The standard InChI is InChI=1S/C9H11ClN2O2/c1-2-14-9(13)8(11)12-5-3-4-7(10)6-12/h3-4,6,11H,2,5H2,1H3. The van der Waals surface area contributed by atoms with Gasteiger partial charge >= 0.3 is 5.97 Å². The zero-order chi connectivity index (χ0) is 10.6. The van der Waals surface area contributed by atoms with Crippen LogP contribution in [0.1, 0.15) is 6.92 Å². The third kappa shape index (κ3) is 2.60. The highest BCUT2D eigenvalue weighted by Crippen LogP contribution is 2.11. The fourth-order valence-electron chi connectivity index (χ4n) is 0.996. The summed E-state index contributed by atoms with van der Waals surface area (Å²) in [7, 11) is 0. The summed E-state index contributed by atoms with van der Waals surface area (Å²) in [6, 6.07) is 0. The molecule has 0 saturated heterocycles. The monoisotopic (exact) mass is 214 g/mol. The van der Waals surface area contributed by atoms with Crippen LogP contribution < -0.4 is 0 Å². The van der Waals surface area contributed by atoms with Crippen molar-refractivity contribution >= 4 is 23.4 Å². The van der Waals surface area contributed by atoms with Crippen LogP contribution in [0.4, 0.5) is 0 Å². The Balaban J connectivity index is 2.62. The van der Waals surface area contributed by atoms with Crippen LogP contribution in [0.5, 0.6) is 0 Å². The van der Waals surface area contributed by atoms with Gasteiger partial charge in [-0.25, -0.2) is 4.79 Å². The quantitative estimate of drug-likeness (QED) is 0.409. The number of nitrogens with zero attached hydrogens (tertiary/aromatic N) is 1. The number of amidine groups is 1. The number of esters is 1. The van der Waals surface area contributed by atoms with Crippen LogP contribution in [0.2, 0.25) is 0 Å². The maximum absolute atomic E-state index is 11.2. The van der Waals surface area contributed by atoms with E-state index in [4.69, 9.17) is 21.7 Å². The number of allylic oxidation sites excluding steroid dienone is 2. The predicted octanol–water partition coefficient (Wildman–Crippen LogP) is 1.48. The maximum atomic E-state index is 11.2. The Kier molecular flexibility index (Phi) is 3.71. The van der Waals surface area contributed by atoms with Crippen LogP contribution in [-0.2, 0) is 9.53 Å². The largest absolute Gasteiger partial charge is 0.460 e. The number of nitrogens with one attached hydrogen (secondary N) is 1. The second-order valence-electron chi connectivity index (χ2n) is 2.64. The molecule has 1 rings (SSSR count). The summed E-state index contributed by atoms with van der Waals surface area (Å²) in [4.78, 5) is 12.6. The van der Waals surface area contributed by atoms with Crippen molar-refractivity contribution in [3.05, 3.63) is 23.4 Å². The van der Waals surface area contributed by atoms with Crippen LogP contribution in [0.25, 0.3) is 0 Å². The number of rotatable bonds is 1. The molecule has 0 aliphatic carbocycles. The molecular weight excluding hydrogens is 204 g/mol. The SMILES string of the molecule is CCOC(=O)C(=N)N1C=C(Cl)C=CC1. The van der Waals surface area contributed by atoms with Crippen LogP contribution in [0.15, 0.2) is 23.4 Å². The summed E-state index contributed by atoms with van der Waals surface area (Å²) in [6.45, 7) is 2.43. The lowest BCUT2D eigenvalue weighted by Gasteiger charge is -2.20. The van der Waals surface area contributed by atoms with Gasteiger partial charge in [0.1, 0.15) is 0 Å². The van der Waals surface area contributed by atoms with Gasteiger partial charge in [-0.3, -0.25) is 5.41 Å². The normalized spacial score (nSPS) is 15.0. The Bertz CT molecular complexity index is 310. The third-order valence-electron chi connectivity index (χ3n) is 1.61. The zero-order valence-corrected chi connectivity index (χ0v) is 8.54. The first-order chi connectivity index (χ1) is 6.65. The van der Waals surface area contributed by atoms with E-state index in [1.807, 2.05) is 0 Å². The second-order valence-corrected chi connectivity index (χ2v) is 3.07. The van der Waals surface area contributed by atoms with Crippen molar-refractivity contribution in [1.29, 1.82) is 5.41 Å². The molecule has 0 aromatic carbocycles. The van der Waals surface area contributed by atoms with E-state index in [0.29, 0.717) is 11.6 Å². The van der Waals surface area contributed by atoms with Crippen LogP contribution in [0, 0.1) is 5.41 Å². The van der Waals surface area contributed by atoms with Crippen molar-refractivity contribution in [1.82, 2.24) is 4.90 Å².